The quantitative estimate of drug-likeness (QED) is 0.781. The summed E-state index contributed by atoms with van der Waals surface area (Å²) in [6.45, 7) is 0. The van der Waals surface area contributed by atoms with Gasteiger partial charge in [0.05, 0.1) is 16.5 Å². The Morgan fingerprint density at radius 1 is 1.24 bits per heavy atom. The zero-order valence-electron chi connectivity index (χ0n) is 10.7. The van der Waals surface area contributed by atoms with Crippen molar-refractivity contribution >= 4 is 45.3 Å². The molecule has 4 nitrogen and oxygen atoms in total. The lowest BCUT2D eigenvalue weighted by molar-refractivity contribution is -0.115. The van der Waals surface area contributed by atoms with Crippen LogP contribution in [-0.2, 0) is 11.2 Å². The smallest absolute Gasteiger partial charge is 0.231 e. The normalized spacial score (nSPS) is 10.5. The Kier molecular flexibility index (Phi) is 4.28. The van der Waals surface area contributed by atoms with Crippen LogP contribution in [0.25, 0.3) is 11.3 Å². The Hall–Kier alpha value is -1.76. The SMILES string of the molecule is O=C(Cc1ccc(Cl)s1)Nc1nc(-c2ccncc2)cs1. The zero-order chi connectivity index (χ0) is 14.7. The van der Waals surface area contributed by atoms with E-state index in [1.807, 2.05) is 23.6 Å². The summed E-state index contributed by atoms with van der Waals surface area (Å²) in [7, 11) is 0. The van der Waals surface area contributed by atoms with E-state index in [2.05, 4.69) is 15.3 Å². The van der Waals surface area contributed by atoms with Gasteiger partial charge in [0, 0.05) is 28.2 Å². The van der Waals surface area contributed by atoms with Gasteiger partial charge in [0.1, 0.15) is 0 Å². The van der Waals surface area contributed by atoms with Crippen molar-refractivity contribution in [1.82, 2.24) is 9.97 Å². The molecule has 0 bridgehead atoms. The minimum atomic E-state index is -0.0934. The summed E-state index contributed by atoms with van der Waals surface area (Å²) in [6.07, 6.45) is 3.74. The van der Waals surface area contributed by atoms with Gasteiger partial charge in [-0.2, -0.15) is 0 Å². The summed E-state index contributed by atoms with van der Waals surface area (Å²) in [4.78, 5) is 21.3. The number of rotatable bonds is 4. The monoisotopic (exact) mass is 335 g/mol. The molecule has 0 unspecified atom stereocenters. The van der Waals surface area contributed by atoms with Gasteiger partial charge in [-0.05, 0) is 24.3 Å². The van der Waals surface area contributed by atoms with E-state index in [9.17, 15) is 4.79 Å². The molecule has 0 saturated heterocycles. The van der Waals surface area contributed by atoms with Gasteiger partial charge in [0.25, 0.3) is 0 Å². The summed E-state index contributed by atoms with van der Waals surface area (Å²) < 4.78 is 0.687. The number of halogens is 1. The number of nitrogens with zero attached hydrogens (tertiary/aromatic N) is 2. The predicted molar refractivity (Wildman–Crippen MR) is 87.0 cm³/mol. The summed E-state index contributed by atoms with van der Waals surface area (Å²) in [5.74, 6) is -0.0934. The van der Waals surface area contributed by atoms with Crippen molar-refractivity contribution in [1.29, 1.82) is 0 Å². The molecule has 3 aromatic rings. The zero-order valence-corrected chi connectivity index (χ0v) is 13.1. The molecule has 0 spiro atoms. The van der Waals surface area contributed by atoms with Crippen LogP contribution in [-0.4, -0.2) is 15.9 Å². The number of anilines is 1. The molecule has 3 aromatic heterocycles. The minimum Gasteiger partial charge on any atom is -0.302 e. The van der Waals surface area contributed by atoms with E-state index in [-0.39, 0.29) is 5.91 Å². The molecule has 0 saturated carbocycles. The topological polar surface area (TPSA) is 54.9 Å². The highest BCUT2D eigenvalue weighted by Gasteiger charge is 2.10. The van der Waals surface area contributed by atoms with Gasteiger partial charge in [-0.1, -0.05) is 11.6 Å². The van der Waals surface area contributed by atoms with Crippen LogP contribution in [0.1, 0.15) is 4.88 Å². The van der Waals surface area contributed by atoms with Crippen LogP contribution in [0.3, 0.4) is 0 Å². The molecule has 0 aliphatic carbocycles. The Labute approximate surface area is 134 Å². The fourth-order valence-electron chi connectivity index (χ4n) is 1.75. The molecule has 21 heavy (non-hydrogen) atoms. The van der Waals surface area contributed by atoms with Crippen molar-refractivity contribution in [3.8, 4) is 11.3 Å². The van der Waals surface area contributed by atoms with Crippen LogP contribution in [0, 0.1) is 0 Å². The molecule has 3 rings (SSSR count). The van der Waals surface area contributed by atoms with Crippen LogP contribution in [0.15, 0.2) is 42.0 Å². The highest BCUT2D eigenvalue weighted by atomic mass is 35.5. The Morgan fingerprint density at radius 2 is 2.05 bits per heavy atom. The molecule has 7 heteroatoms. The molecule has 3 heterocycles. The third-order valence-electron chi connectivity index (χ3n) is 2.69. The lowest BCUT2D eigenvalue weighted by atomic mass is 10.2. The summed E-state index contributed by atoms with van der Waals surface area (Å²) >= 11 is 8.66. The molecule has 0 fully saturated rings. The third kappa shape index (κ3) is 3.66. The second-order valence-corrected chi connectivity index (χ2v) is 6.86. The molecule has 0 aliphatic rings. The van der Waals surface area contributed by atoms with Crippen molar-refractivity contribution in [2.45, 2.75) is 6.42 Å². The molecule has 0 aliphatic heterocycles. The van der Waals surface area contributed by atoms with Gasteiger partial charge >= 0.3 is 0 Å². The van der Waals surface area contributed by atoms with E-state index in [1.165, 1.54) is 22.7 Å². The number of pyridine rings is 1. The number of thiophene rings is 1. The molecule has 0 radical (unpaired) electrons. The first-order valence-electron chi connectivity index (χ1n) is 6.11. The first kappa shape index (κ1) is 14.2. The molecular formula is C14H10ClN3OS2. The predicted octanol–water partition coefficient (Wildman–Crippen LogP) is 4.10. The van der Waals surface area contributed by atoms with Gasteiger partial charge < -0.3 is 5.32 Å². The fraction of sp³-hybridized carbons (Fsp3) is 0.0714. The molecular weight excluding hydrogens is 326 g/mol. The van der Waals surface area contributed by atoms with E-state index in [0.717, 1.165) is 16.1 Å². The molecule has 106 valence electrons. The van der Waals surface area contributed by atoms with Crippen molar-refractivity contribution in [2.24, 2.45) is 0 Å². The average molecular weight is 336 g/mol. The van der Waals surface area contributed by atoms with Crippen LogP contribution in [0.4, 0.5) is 5.13 Å². The van der Waals surface area contributed by atoms with Gasteiger partial charge in [-0.25, -0.2) is 4.98 Å². The number of thiazole rings is 1. The maximum atomic E-state index is 11.9. The average Bonchev–Trinajstić information content (AvgIpc) is 3.09. The highest BCUT2D eigenvalue weighted by molar-refractivity contribution is 7.16. The van der Waals surface area contributed by atoms with Gasteiger partial charge in [-0.3, -0.25) is 9.78 Å². The number of nitrogens with one attached hydrogen (secondary N) is 1. The number of hydrogen-bond donors (Lipinski definition) is 1. The second kappa shape index (κ2) is 6.34. The number of hydrogen-bond acceptors (Lipinski definition) is 5. The van der Waals surface area contributed by atoms with Crippen LogP contribution in [0.5, 0.6) is 0 Å². The van der Waals surface area contributed by atoms with Crippen molar-refractivity contribution in [3.63, 3.8) is 0 Å². The summed E-state index contributed by atoms with van der Waals surface area (Å²) in [5, 5.41) is 5.31. The number of aromatic nitrogens is 2. The van der Waals surface area contributed by atoms with Gasteiger partial charge in [0.2, 0.25) is 5.91 Å². The van der Waals surface area contributed by atoms with E-state index in [4.69, 9.17) is 11.6 Å². The lowest BCUT2D eigenvalue weighted by Crippen LogP contribution is -2.13. The van der Waals surface area contributed by atoms with Crippen molar-refractivity contribution in [2.75, 3.05) is 5.32 Å². The van der Waals surface area contributed by atoms with Gasteiger partial charge in [0.15, 0.2) is 5.13 Å². The first-order valence-corrected chi connectivity index (χ1v) is 8.18. The molecule has 1 N–H and O–H groups in total. The Bertz CT molecular complexity index is 754. The van der Waals surface area contributed by atoms with E-state index >= 15 is 0 Å². The number of amides is 1. The van der Waals surface area contributed by atoms with Gasteiger partial charge in [-0.15, -0.1) is 22.7 Å². The standard InChI is InChI=1S/C14H10ClN3OS2/c15-12-2-1-10(21-12)7-13(19)18-14-17-11(8-20-14)9-3-5-16-6-4-9/h1-6,8H,7H2,(H,17,18,19). The molecule has 0 aromatic carbocycles. The number of carbonyl (C=O) groups excluding carboxylic acids is 1. The lowest BCUT2D eigenvalue weighted by Gasteiger charge is -1.99. The molecule has 1 amide bonds. The Balaban J connectivity index is 1.66. The van der Waals surface area contributed by atoms with Crippen LogP contribution in [0.2, 0.25) is 4.34 Å². The van der Waals surface area contributed by atoms with Crippen LogP contribution >= 0.6 is 34.3 Å². The second-order valence-electron chi connectivity index (χ2n) is 4.20. The molecule has 0 atom stereocenters. The maximum Gasteiger partial charge on any atom is 0.231 e. The van der Waals surface area contributed by atoms with Crippen LogP contribution < -0.4 is 5.32 Å². The summed E-state index contributed by atoms with van der Waals surface area (Å²) in [5.41, 5.74) is 1.81. The largest absolute Gasteiger partial charge is 0.302 e. The first-order chi connectivity index (χ1) is 10.2. The van der Waals surface area contributed by atoms with E-state index < -0.39 is 0 Å². The fourth-order valence-corrected chi connectivity index (χ4v) is 3.58. The highest BCUT2D eigenvalue weighted by Crippen LogP contribution is 2.25. The van der Waals surface area contributed by atoms with Crippen molar-refractivity contribution < 1.29 is 4.79 Å². The van der Waals surface area contributed by atoms with Crippen molar-refractivity contribution in [3.05, 3.63) is 51.3 Å². The summed E-state index contributed by atoms with van der Waals surface area (Å²) in [6, 6.07) is 7.42. The third-order valence-corrected chi connectivity index (χ3v) is 4.68. The maximum absolute atomic E-state index is 11.9. The minimum absolute atomic E-state index is 0.0934. The van der Waals surface area contributed by atoms with E-state index in [1.54, 1.807) is 18.5 Å². The Morgan fingerprint density at radius 3 is 2.76 bits per heavy atom. The van der Waals surface area contributed by atoms with E-state index in [0.29, 0.717) is 15.9 Å². The number of carbonyl (C=O) groups is 1.